The second-order valence-corrected chi connectivity index (χ2v) is 4.31. The SMILES string of the molecule is O=C(O)c1ccc(Oc2ncccc2C(F)(F)F)c(Cl)c1. The number of carboxylic acid groups (broad SMARTS) is 1. The Bertz CT molecular complexity index is 689. The fraction of sp³-hybridized carbons (Fsp3) is 0.0769. The number of ether oxygens (including phenoxy) is 1. The molecule has 0 saturated carbocycles. The third-order valence-electron chi connectivity index (χ3n) is 2.46. The molecule has 0 aliphatic heterocycles. The fourth-order valence-corrected chi connectivity index (χ4v) is 1.73. The molecule has 8 heteroatoms. The number of aromatic carboxylic acids is 1. The summed E-state index contributed by atoms with van der Waals surface area (Å²) < 4.78 is 43.4. The molecule has 0 spiro atoms. The van der Waals surface area contributed by atoms with Gasteiger partial charge in [-0.25, -0.2) is 9.78 Å². The topological polar surface area (TPSA) is 59.4 Å². The van der Waals surface area contributed by atoms with Crippen LogP contribution in [-0.4, -0.2) is 16.1 Å². The molecule has 2 rings (SSSR count). The molecule has 0 bridgehead atoms. The molecule has 1 aromatic heterocycles. The molecule has 1 heterocycles. The van der Waals surface area contributed by atoms with Crippen molar-refractivity contribution in [2.45, 2.75) is 6.18 Å². The number of halogens is 4. The maximum Gasteiger partial charge on any atom is 0.421 e. The molecule has 0 radical (unpaired) electrons. The minimum atomic E-state index is -4.63. The average molecular weight is 318 g/mol. The van der Waals surface area contributed by atoms with Crippen molar-refractivity contribution in [3.05, 3.63) is 52.7 Å². The Balaban J connectivity index is 2.38. The van der Waals surface area contributed by atoms with Gasteiger partial charge in [-0.3, -0.25) is 0 Å². The van der Waals surface area contributed by atoms with Crippen LogP contribution >= 0.6 is 11.6 Å². The Hall–Kier alpha value is -2.28. The fourth-order valence-electron chi connectivity index (χ4n) is 1.51. The lowest BCUT2D eigenvalue weighted by molar-refractivity contribution is -0.138. The van der Waals surface area contributed by atoms with E-state index in [9.17, 15) is 18.0 Å². The maximum atomic E-state index is 12.8. The summed E-state index contributed by atoms with van der Waals surface area (Å²) in [5.74, 6) is -1.99. The minimum Gasteiger partial charge on any atom is -0.478 e. The molecule has 21 heavy (non-hydrogen) atoms. The predicted molar refractivity (Wildman–Crippen MR) is 67.7 cm³/mol. The Labute approximate surface area is 121 Å². The quantitative estimate of drug-likeness (QED) is 0.919. The number of benzene rings is 1. The molecule has 1 aromatic carbocycles. The first kappa shape index (κ1) is 15.1. The Kier molecular flexibility index (Phi) is 4.04. The van der Waals surface area contributed by atoms with E-state index in [0.29, 0.717) is 0 Å². The summed E-state index contributed by atoms with van der Waals surface area (Å²) in [6.45, 7) is 0. The summed E-state index contributed by atoms with van der Waals surface area (Å²) in [4.78, 5) is 14.3. The largest absolute Gasteiger partial charge is 0.478 e. The molecule has 0 fully saturated rings. The van der Waals surface area contributed by atoms with E-state index in [2.05, 4.69) is 4.98 Å². The van der Waals surface area contributed by atoms with Gasteiger partial charge in [0.2, 0.25) is 5.88 Å². The van der Waals surface area contributed by atoms with Crippen molar-refractivity contribution in [1.29, 1.82) is 0 Å². The predicted octanol–water partition coefficient (Wildman–Crippen LogP) is 4.24. The summed E-state index contributed by atoms with van der Waals surface area (Å²) in [6, 6.07) is 5.36. The van der Waals surface area contributed by atoms with Crippen LogP contribution in [0.5, 0.6) is 11.6 Å². The van der Waals surface area contributed by atoms with Crippen LogP contribution in [0.3, 0.4) is 0 Å². The molecule has 0 atom stereocenters. The molecule has 4 nitrogen and oxygen atoms in total. The van der Waals surface area contributed by atoms with Gasteiger partial charge in [-0.2, -0.15) is 13.2 Å². The highest BCUT2D eigenvalue weighted by Crippen LogP contribution is 2.38. The minimum absolute atomic E-state index is 0.107. The van der Waals surface area contributed by atoms with Gasteiger partial charge in [0.15, 0.2) is 0 Å². The molecule has 0 unspecified atom stereocenters. The lowest BCUT2D eigenvalue weighted by Gasteiger charge is -2.13. The van der Waals surface area contributed by atoms with Gasteiger partial charge in [-0.05, 0) is 30.3 Å². The summed E-state index contributed by atoms with van der Waals surface area (Å²) in [5.41, 5.74) is -1.16. The van der Waals surface area contributed by atoms with Gasteiger partial charge in [-0.1, -0.05) is 11.6 Å². The van der Waals surface area contributed by atoms with Crippen molar-refractivity contribution in [3.8, 4) is 11.6 Å². The van der Waals surface area contributed by atoms with Gasteiger partial charge in [-0.15, -0.1) is 0 Å². The summed E-state index contributed by atoms with van der Waals surface area (Å²) >= 11 is 5.79. The average Bonchev–Trinajstić information content (AvgIpc) is 2.40. The molecule has 0 amide bonds. The number of carbonyl (C=O) groups is 1. The van der Waals surface area contributed by atoms with Crippen LogP contribution in [0.25, 0.3) is 0 Å². The van der Waals surface area contributed by atoms with Crippen molar-refractivity contribution in [1.82, 2.24) is 4.98 Å². The normalized spacial score (nSPS) is 11.2. The summed E-state index contributed by atoms with van der Waals surface area (Å²) in [6.07, 6.45) is -3.48. The highest BCUT2D eigenvalue weighted by molar-refractivity contribution is 6.32. The van der Waals surface area contributed by atoms with Crippen molar-refractivity contribution in [2.24, 2.45) is 0 Å². The molecule has 0 saturated heterocycles. The number of aromatic nitrogens is 1. The monoisotopic (exact) mass is 317 g/mol. The van der Waals surface area contributed by atoms with E-state index < -0.39 is 23.6 Å². The number of alkyl halides is 3. The maximum absolute atomic E-state index is 12.8. The zero-order valence-corrected chi connectivity index (χ0v) is 10.9. The lowest BCUT2D eigenvalue weighted by atomic mass is 10.2. The lowest BCUT2D eigenvalue weighted by Crippen LogP contribution is -2.08. The van der Waals surface area contributed by atoms with Crippen LogP contribution in [0.15, 0.2) is 36.5 Å². The second kappa shape index (κ2) is 5.61. The number of pyridine rings is 1. The van der Waals surface area contributed by atoms with Gasteiger partial charge < -0.3 is 9.84 Å². The second-order valence-electron chi connectivity index (χ2n) is 3.91. The molecular formula is C13H7ClF3NO3. The Morgan fingerprint density at radius 3 is 2.57 bits per heavy atom. The number of hydrogen-bond acceptors (Lipinski definition) is 3. The van der Waals surface area contributed by atoms with Crippen molar-refractivity contribution < 1.29 is 27.8 Å². The number of hydrogen-bond donors (Lipinski definition) is 1. The van der Waals surface area contributed by atoms with Crippen LogP contribution in [0.4, 0.5) is 13.2 Å². The first-order chi connectivity index (χ1) is 9.79. The summed E-state index contributed by atoms with van der Waals surface area (Å²) in [5, 5.41) is 8.65. The number of rotatable bonds is 3. The van der Waals surface area contributed by atoms with Crippen molar-refractivity contribution in [2.75, 3.05) is 0 Å². The van der Waals surface area contributed by atoms with E-state index in [1.165, 1.54) is 12.1 Å². The molecular weight excluding hydrogens is 311 g/mol. The van der Waals surface area contributed by atoms with Crippen LogP contribution in [-0.2, 0) is 6.18 Å². The zero-order valence-electron chi connectivity index (χ0n) is 10.2. The first-order valence-corrected chi connectivity index (χ1v) is 5.90. The van der Waals surface area contributed by atoms with Gasteiger partial charge >= 0.3 is 12.1 Å². The smallest absolute Gasteiger partial charge is 0.421 e. The van der Waals surface area contributed by atoms with E-state index in [4.69, 9.17) is 21.4 Å². The number of carboxylic acids is 1. The number of nitrogens with zero attached hydrogens (tertiary/aromatic N) is 1. The van der Waals surface area contributed by atoms with Crippen molar-refractivity contribution >= 4 is 17.6 Å². The van der Waals surface area contributed by atoms with Crippen LogP contribution in [0.1, 0.15) is 15.9 Å². The summed E-state index contributed by atoms with van der Waals surface area (Å²) in [7, 11) is 0. The van der Waals surface area contributed by atoms with E-state index in [-0.39, 0.29) is 16.3 Å². The van der Waals surface area contributed by atoms with E-state index in [1.807, 2.05) is 0 Å². The first-order valence-electron chi connectivity index (χ1n) is 5.52. The third-order valence-corrected chi connectivity index (χ3v) is 2.76. The standard InChI is InChI=1S/C13H7ClF3NO3/c14-9-6-7(12(19)20)3-4-10(9)21-11-8(13(15,16)17)2-1-5-18-11/h1-6H,(H,19,20). The molecule has 0 aliphatic carbocycles. The van der Waals surface area contributed by atoms with Gasteiger partial charge in [0.05, 0.1) is 10.6 Å². The third kappa shape index (κ3) is 3.43. The molecule has 0 aliphatic rings. The van der Waals surface area contributed by atoms with E-state index in [1.54, 1.807) is 0 Å². The van der Waals surface area contributed by atoms with Crippen LogP contribution in [0.2, 0.25) is 5.02 Å². The van der Waals surface area contributed by atoms with E-state index >= 15 is 0 Å². The Morgan fingerprint density at radius 1 is 1.29 bits per heavy atom. The molecule has 110 valence electrons. The highest BCUT2D eigenvalue weighted by atomic mass is 35.5. The molecule has 2 aromatic rings. The van der Waals surface area contributed by atoms with Crippen LogP contribution in [0, 0.1) is 0 Å². The van der Waals surface area contributed by atoms with Gasteiger partial charge in [0.1, 0.15) is 11.3 Å². The van der Waals surface area contributed by atoms with Crippen molar-refractivity contribution in [3.63, 3.8) is 0 Å². The highest BCUT2D eigenvalue weighted by Gasteiger charge is 2.35. The molecule has 1 N–H and O–H groups in total. The zero-order chi connectivity index (χ0) is 15.6. The van der Waals surface area contributed by atoms with Crippen LogP contribution < -0.4 is 4.74 Å². The Morgan fingerprint density at radius 2 is 2.00 bits per heavy atom. The van der Waals surface area contributed by atoms with Gasteiger partial charge in [0.25, 0.3) is 0 Å². The van der Waals surface area contributed by atoms with E-state index in [0.717, 1.165) is 24.4 Å². The van der Waals surface area contributed by atoms with Gasteiger partial charge in [0, 0.05) is 6.20 Å².